The zero-order chi connectivity index (χ0) is 15.3. The first-order valence-corrected chi connectivity index (χ1v) is 10.6. The predicted octanol–water partition coefficient (Wildman–Crippen LogP) is 4.66. The Balaban J connectivity index is 2.09. The summed E-state index contributed by atoms with van der Waals surface area (Å²) in [5.74, 6) is 0.919. The van der Waals surface area contributed by atoms with E-state index in [0.717, 1.165) is 23.6 Å². The van der Waals surface area contributed by atoms with Crippen molar-refractivity contribution in [3.05, 3.63) is 72.3 Å². The second-order valence-electron chi connectivity index (χ2n) is 6.03. The van der Waals surface area contributed by atoms with Crippen LogP contribution < -0.4 is 9.74 Å². The maximum Gasteiger partial charge on any atom is 0.242 e. The molecule has 0 saturated carbocycles. The van der Waals surface area contributed by atoms with Crippen molar-refractivity contribution in [1.29, 1.82) is 0 Å². The van der Waals surface area contributed by atoms with Crippen molar-refractivity contribution in [3.8, 4) is 5.75 Å². The van der Waals surface area contributed by atoms with Crippen molar-refractivity contribution in [2.24, 2.45) is 0 Å². The van der Waals surface area contributed by atoms with E-state index < -0.39 is 8.32 Å². The first-order chi connectivity index (χ1) is 9.96. The lowest BCUT2D eigenvalue weighted by Gasteiger charge is -2.22. The number of rotatable bonds is 6. The Morgan fingerprint density at radius 1 is 1.00 bits per heavy atom. The van der Waals surface area contributed by atoms with Crippen LogP contribution in [0.5, 0.6) is 5.75 Å². The molecule has 0 atom stereocenters. The molecule has 2 aromatic rings. The number of benzene rings is 2. The SMILES string of the molecule is C=C(NCc1ccccc1)c1ccccc1O[Si](C)(C)C. The molecule has 0 bridgehead atoms. The number of para-hydroxylation sites is 1. The highest BCUT2D eigenvalue weighted by Crippen LogP contribution is 2.26. The first-order valence-electron chi connectivity index (χ1n) is 7.21. The van der Waals surface area contributed by atoms with Crippen LogP contribution in [0.2, 0.25) is 19.6 Å². The van der Waals surface area contributed by atoms with Gasteiger partial charge in [-0.15, -0.1) is 0 Å². The molecule has 2 rings (SSSR count). The maximum absolute atomic E-state index is 6.14. The van der Waals surface area contributed by atoms with Gasteiger partial charge in [-0.25, -0.2) is 0 Å². The number of hydrogen-bond donors (Lipinski definition) is 1. The quantitative estimate of drug-likeness (QED) is 0.783. The van der Waals surface area contributed by atoms with Crippen molar-refractivity contribution in [2.75, 3.05) is 0 Å². The fourth-order valence-corrected chi connectivity index (χ4v) is 2.87. The van der Waals surface area contributed by atoms with E-state index in [2.05, 4.69) is 49.7 Å². The summed E-state index contributed by atoms with van der Waals surface area (Å²) in [6.45, 7) is 11.5. The summed E-state index contributed by atoms with van der Waals surface area (Å²) in [4.78, 5) is 0. The topological polar surface area (TPSA) is 21.3 Å². The third-order valence-electron chi connectivity index (χ3n) is 2.98. The first kappa shape index (κ1) is 15.4. The molecule has 0 amide bonds. The monoisotopic (exact) mass is 297 g/mol. The zero-order valence-corrected chi connectivity index (χ0v) is 14.0. The van der Waals surface area contributed by atoms with Crippen LogP contribution in [0.3, 0.4) is 0 Å². The Bertz CT molecular complexity index is 602. The molecule has 2 nitrogen and oxygen atoms in total. The van der Waals surface area contributed by atoms with Gasteiger partial charge in [-0.1, -0.05) is 49.0 Å². The second kappa shape index (κ2) is 6.63. The fraction of sp³-hybridized carbons (Fsp3) is 0.222. The molecule has 3 heteroatoms. The Morgan fingerprint density at radius 3 is 2.29 bits per heavy atom. The third-order valence-corrected chi connectivity index (χ3v) is 3.81. The van der Waals surface area contributed by atoms with E-state index in [1.165, 1.54) is 5.56 Å². The van der Waals surface area contributed by atoms with Gasteiger partial charge in [0.05, 0.1) is 0 Å². The van der Waals surface area contributed by atoms with E-state index in [1.54, 1.807) is 0 Å². The molecule has 0 heterocycles. The van der Waals surface area contributed by atoms with Gasteiger partial charge < -0.3 is 9.74 Å². The van der Waals surface area contributed by atoms with Gasteiger partial charge in [-0.3, -0.25) is 0 Å². The Hall–Kier alpha value is -2.00. The minimum atomic E-state index is -1.63. The molecule has 0 radical (unpaired) electrons. The predicted molar refractivity (Wildman–Crippen MR) is 92.7 cm³/mol. The van der Waals surface area contributed by atoms with Gasteiger partial charge in [-0.2, -0.15) is 0 Å². The van der Waals surface area contributed by atoms with Crippen molar-refractivity contribution in [2.45, 2.75) is 26.2 Å². The molecule has 0 aliphatic carbocycles. The Morgan fingerprint density at radius 2 is 1.62 bits per heavy atom. The van der Waals surface area contributed by atoms with Crippen molar-refractivity contribution >= 4 is 14.0 Å². The van der Waals surface area contributed by atoms with Gasteiger partial charge >= 0.3 is 0 Å². The van der Waals surface area contributed by atoms with Crippen LogP contribution in [0.1, 0.15) is 11.1 Å². The maximum atomic E-state index is 6.14. The summed E-state index contributed by atoms with van der Waals surface area (Å²) in [6, 6.07) is 18.4. The van der Waals surface area contributed by atoms with Gasteiger partial charge in [0.15, 0.2) is 0 Å². The summed E-state index contributed by atoms with van der Waals surface area (Å²) in [6.07, 6.45) is 0. The minimum absolute atomic E-state index is 0.765. The molecule has 0 aliphatic heterocycles. The van der Waals surface area contributed by atoms with Crippen LogP contribution in [-0.2, 0) is 6.54 Å². The van der Waals surface area contributed by atoms with E-state index in [9.17, 15) is 0 Å². The standard InChI is InChI=1S/C18H23NOSi/c1-15(19-14-16-10-6-5-7-11-16)17-12-8-9-13-18(17)20-21(2,3)4/h5-13,19H,1,14H2,2-4H3. The highest BCUT2D eigenvalue weighted by molar-refractivity contribution is 6.70. The van der Waals surface area contributed by atoms with Gasteiger partial charge in [0, 0.05) is 17.8 Å². The van der Waals surface area contributed by atoms with Crippen LogP contribution in [0.4, 0.5) is 0 Å². The van der Waals surface area contributed by atoms with E-state index >= 15 is 0 Å². The highest BCUT2D eigenvalue weighted by atomic mass is 28.4. The molecule has 0 aromatic heterocycles. The van der Waals surface area contributed by atoms with Gasteiger partial charge in [0.1, 0.15) is 5.75 Å². The van der Waals surface area contributed by atoms with Crippen LogP contribution in [0.25, 0.3) is 5.70 Å². The number of nitrogens with one attached hydrogen (secondary N) is 1. The molecule has 1 N–H and O–H groups in total. The molecule has 110 valence electrons. The van der Waals surface area contributed by atoms with Crippen LogP contribution in [-0.4, -0.2) is 8.32 Å². The molecule has 0 aliphatic rings. The van der Waals surface area contributed by atoms with Crippen molar-refractivity contribution < 1.29 is 4.43 Å². The van der Waals surface area contributed by atoms with E-state index in [4.69, 9.17) is 4.43 Å². The molecular formula is C18H23NOSi. The molecular weight excluding hydrogens is 274 g/mol. The molecule has 0 fully saturated rings. The second-order valence-corrected chi connectivity index (χ2v) is 10.5. The normalized spacial score (nSPS) is 11.0. The molecule has 0 spiro atoms. The van der Waals surface area contributed by atoms with Crippen LogP contribution >= 0.6 is 0 Å². The third kappa shape index (κ3) is 4.79. The lowest BCUT2D eigenvalue weighted by Crippen LogP contribution is -2.30. The minimum Gasteiger partial charge on any atom is -0.544 e. The highest BCUT2D eigenvalue weighted by Gasteiger charge is 2.18. The molecule has 0 saturated heterocycles. The average molecular weight is 297 g/mol. The summed E-state index contributed by atoms with van der Waals surface area (Å²) >= 11 is 0. The zero-order valence-electron chi connectivity index (χ0n) is 13.0. The van der Waals surface area contributed by atoms with Crippen molar-refractivity contribution in [3.63, 3.8) is 0 Å². The van der Waals surface area contributed by atoms with E-state index in [-0.39, 0.29) is 0 Å². The van der Waals surface area contributed by atoms with E-state index in [1.807, 2.05) is 36.4 Å². The van der Waals surface area contributed by atoms with Gasteiger partial charge in [0.25, 0.3) is 0 Å². The largest absolute Gasteiger partial charge is 0.544 e. The molecule has 2 aromatic carbocycles. The lowest BCUT2D eigenvalue weighted by molar-refractivity contribution is 0.555. The summed E-state index contributed by atoms with van der Waals surface area (Å²) in [5.41, 5.74) is 3.17. The summed E-state index contributed by atoms with van der Waals surface area (Å²) in [5, 5.41) is 3.38. The number of hydrogen-bond acceptors (Lipinski definition) is 2. The molecule has 0 unspecified atom stereocenters. The van der Waals surface area contributed by atoms with Crippen molar-refractivity contribution in [1.82, 2.24) is 5.32 Å². The smallest absolute Gasteiger partial charge is 0.242 e. The average Bonchev–Trinajstić information content (AvgIpc) is 2.45. The van der Waals surface area contributed by atoms with Crippen LogP contribution in [0, 0.1) is 0 Å². The van der Waals surface area contributed by atoms with E-state index in [0.29, 0.717) is 0 Å². The summed E-state index contributed by atoms with van der Waals surface area (Å²) < 4.78 is 6.14. The van der Waals surface area contributed by atoms with Gasteiger partial charge in [0.2, 0.25) is 8.32 Å². The van der Waals surface area contributed by atoms with Crippen LogP contribution in [0.15, 0.2) is 61.2 Å². The molecule has 21 heavy (non-hydrogen) atoms. The Kier molecular flexibility index (Phi) is 4.86. The lowest BCUT2D eigenvalue weighted by atomic mass is 10.1. The summed E-state index contributed by atoms with van der Waals surface area (Å²) in [7, 11) is -1.63. The fourth-order valence-electron chi connectivity index (χ4n) is 2.03. The Labute approximate surface area is 128 Å². The van der Waals surface area contributed by atoms with Gasteiger partial charge in [-0.05, 0) is 37.3 Å².